The first kappa shape index (κ1) is 16.1. The number of primary amides is 1. The standard InChI is InChI=1S/C15H21N3O4/c1-2-7-21-12-5-3-4-11(9-12)17-15(20)18-6-8-22-13(10-18)14(16)19/h3-5,9,13H,2,6-8,10H2,1H3,(H2,16,19)(H,17,20)/t13-/m1/s1. The van der Waals surface area contributed by atoms with Crippen LogP contribution in [0.5, 0.6) is 5.75 Å². The van der Waals surface area contributed by atoms with Gasteiger partial charge >= 0.3 is 6.03 Å². The number of morpholine rings is 1. The van der Waals surface area contributed by atoms with Crippen molar-refractivity contribution in [2.45, 2.75) is 19.4 Å². The number of nitrogens with zero attached hydrogens (tertiary/aromatic N) is 1. The SMILES string of the molecule is CCCOc1cccc(NC(=O)N2CCO[C@@H](C(N)=O)C2)c1. The van der Waals surface area contributed by atoms with Gasteiger partial charge in [0.15, 0.2) is 6.10 Å². The number of hydrogen-bond donors (Lipinski definition) is 2. The number of ether oxygens (including phenoxy) is 2. The summed E-state index contributed by atoms with van der Waals surface area (Å²) in [5.41, 5.74) is 5.85. The van der Waals surface area contributed by atoms with Crippen LogP contribution in [0.1, 0.15) is 13.3 Å². The van der Waals surface area contributed by atoms with Gasteiger partial charge in [0.2, 0.25) is 5.91 Å². The minimum Gasteiger partial charge on any atom is -0.494 e. The van der Waals surface area contributed by atoms with Crippen LogP contribution in [-0.4, -0.2) is 49.2 Å². The second-order valence-corrected chi connectivity index (χ2v) is 5.01. The van der Waals surface area contributed by atoms with Crippen molar-refractivity contribution in [1.29, 1.82) is 0 Å². The van der Waals surface area contributed by atoms with E-state index in [4.69, 9.17) is 15.2 Å². The van der Waals surface area contributed by atoms with Crippen LogP contribution in [0.3, 0.4) is 0 Å². The predicted octanol–water partition coefficient (Wildman–Crippen LogP) is 1.19. The van der Waals surface area contributed by atoms with E-state index >= 15 is 0 Å². The zero-order valence-corrected chi connectivity index (χ0v) is 12.6. The smallest absolute Gasteiger partial charge is 0.322 e. The van der Waals surface area contributed by atoms with Gasteiger partial charge in [0.05, 0.1) is 19.8 Å². The van der Waals surface area contributed by atoms with E-state index in [0.717, 1.165) is 6.42 Å². The molecule has 7 nitrogen and oxygen atoms in total. The maximum Gasteiger partial charge on any atom is 0.322 e. The number of benzene rings is 1. The summed E-state index contributed by atoms with van der Waals surface area (Å²) in [6.07, 6.45) is 0.164. The van der Waals surface area contributed by atoms with Gasteiger partial charge in [-0.05, 0) is 18.6 Å². The molecule has 1 atom stereocenters. The maximum absolute atomic E-state index is 12.2. The summed E-state index contributed by atoms with van der Waals surface area (Å²) in [5.74, 6) is 0.143. The number of carbonyl (C=O) groups excluding carboxylic acids is 2. The highest BCUT2D eigenvalue weighted by Gasteiger charge is 2.27. The van der Waals surface area contributed by atoms with Gasteiger partial charge in [-0.25, -0.2) is 4.79 Å². The Bertz CT molecular complexity index is 535. The molecule has 3 amide bonds. The van der Waals surface area contributed by atoms with E-state index in [1.807, 2.05) is 19.1 Å². The Morgan fingerprint density at radius 3 is 3.05 bits per heavy atom. The third-order valence-electron chi connectivity index (χ3n) is 3.23. The molecule has 22 heavy (non-hydrogen) atoms. The number of anilines is 1. The van der Waals surface area contributed by atoms with E-state index in [1.165, 1.54) is 4.90 Å². The van der Waals surface area contributed by atoms with Crippen molar-refractivity contribution in [3.63, 3.8) is 0 Å². The molecule has 0 aromatic heterocycles. The van der Waals surface area contributed by atoms with Crippen LogP contribution in [0.4, 0.5) is 10.5 Å². The highest BCUT2D eigenvalue weighted by Crippen LogP contribution is 2.18. The van der Waals surface area contributed by atoms with E-state index in [1.54, 1.807) is 12.1 Å². The van der Waals surface area contributed by atoms with Crippen LogP contribution in [-0.2, 0) is 9.53 Å². The number of hydrogen-bond acceptors (Lipinski definition) is 4. The zero-order chi connectivity index (χ0) is 15.9. The Labute approximate surface area is 129 Å². The molecule has 1 heterocycles. The van der Waals surface area contributed by atoms with E-state index in [-0.39, 0.29) is 12.6 Å². The lowest BCUT2D eigenvalue weighted by molar-refractivity contribution is -0.133. The summed E-state index contributed by atoms with van der Waals surface area (Å²) in [5, 5.41) is 2.79. The molecule has 1 aliphatic rings. The molecule has 1 aromatic rings. The van der Waals surface area contributed by atoms with Gasteiger partial charge in [0, 0.05) is 18.3 Å². The minimum absolute atomic E-state index is 0.160. The van der Waals surface area contributed by atoms with Crippen LogP contribution in [0, 0.1) is 0 Å². The predicted molar refractivity (Wildman–Crippen MR) is 81.8 cm³/mol. The molecule has 1 aliphatic heterocycles. The van der Waals surface area contributed by atoms with Crippen LogP contribution in [0.25, 0.3) is 0 Å². The van der Waals surface area contributed by atoms with Crippen molar-refractivity contribution in [2.75, 3.05) is 31.6 Å². The lowest BCUT2D eigenvalue weighted by Crippen LogP contribution is -2.51. The fourth-order valence-electron chi connectivity index (χ4n) is 2.09. The fraction of sp³-hybridized carbons (Fsp3) is 0.467. The monoisotopic (exact) mass is 307 g/mol. The molecule has 0 radical (unpaired) electrons. The minimum atomic E-state index is -0.751. The van der Waals surface area contributed by atoms with E-state index in [2.05, 4.69) is 5.32 Å². The van der Waals surface area contributed by atoms with Gasteiger partial charge in [-0.3, -0.25) is 4.79 Å². The summed E-state index contributed by atoms with van der Waals surface area (Å²) >= 11 is 0. The maximum atomic E-state index is 12.2. The molecule has 0 saturated carbocycles. The Morgan fingerprint density at radius 2 is 2.32 bits per heavy atom. The molecule has 1 fully saturated rings. The zero-order valence-electron chi connectivity index (χ0n) is 12.6. The molecule has 3 N–H and O–H groups in total. The Balaban J connectivity index is 1.95. The average Bonchev–Trinajstić information content (AvgIpc) is 2.53. The molecule has 7 heteroatoms. The number of urea groups is 1. The highest BCUT2D eigenvalue weighted by atomic mass is 16.5. The lowest BCUT2D eigenvalue weighted by Gasteiger charge is -2.31. The molecular formula is C15H21N3O4. The van der Waals surface area contributed by atoms with E-state index in [9.17, 15) is 9.59 Å². The Hall–Kier alpha value is -2.28. The van der Waals surface area contributed by atoms with Gasteiger partial charge in [-0.1, -0.05) is 13.0 Å². The number of nitrogens with two attached hydrogens (primary N) is 1. The second-order valence-electron chi connectivity index (χ2n) is 5.01. The third kappa shape index (κ3) is 4.36. The van der Waals surface area contributed by atoms with Crippen LogP contribution >= 0.6 is 0 Å². The topological polar surface area (TPSA) is 93.9 Å². The van der Waals surface area contributed by atoms with Crippen molar-refractivity contribution in [1.82, 2.24) is 4.90 Å². The average molecular weight is 307 g/mol. The first-order chi connectivity index (χ1) is 10.6. The van der Waals surface area contributed by atoms with Crippen molar-refractivity contribution in [3.8, 4) is 5.75 Å². The van der Waals surface area contributed by atoms with Gasteiger partial charge in [-0.15, -0.1) is 0 Å². The first-order valence-electron chi connectivity index (χ1n) is 7.30. The Kier molecular flexibility index (Phi) is 5.60. The summed E-state index contributed by atoms with van der Waals surface area (Å²) in [6, 6.07) is 6.90. The quantitative estimate of drug-likeness (QED) is 0.854. The van der Waals surface area contributed by atoms with Crippen molar-refractivity contribution in [2.24, 2.45) is 5.73 Å². The van der Waals surface area contributed by atoms with Gasteiger partial charge in [0.25, 0.3) is 0 Å². The summed E-state index contributed by atoms with van der Waals surface area (Å²) < 4.78 is 10.7. The van der Waals surface area contributed by atoms with Gasteiger partial charge in [-0.2, -0.15) is 0 Å². The Morgan fingerprint density at radius 1 is 1.50 bits per heavy atom. The number of amides is 3. The largest absolute Gasteiger partial charge is 0.494 e. The molecule has 2 rings (SSSR count). The third-order valence-corrected chi connectivity index (χ3v) is 3.23. The summed E-state index contributed by atoms with van der Waals surface area (Å²) in [6.45, 7) is 3.52. The molecular weight excluding hydrogens is 286 g/mol. The molecule has 1 saturated heterocycles. The lowest BCUT2D eigenvalue weighted by atomic mass is 10.2. The number of carbonyl (C=O) groups is 2. The van der Waals surface area contributed by atoms with Gasteiger partial charge in [0.1, 0.15) is 5.75 Å². The molecule has 0 unspecified atom stereocenters. The molecule has 1 aromatic carbocycles. The summed E-state index contributed by atoms with van der Waals surface area (Å²) in [4.78, 5) is 24.9. The number of rotatable bonds is 5. The normalized spacial score (nSPS) is 17.9. The molecule has 0 bridgehead atoms. The second kappa shape index (κ2) is 7.65. The van der Waals surface area contributed by atoms with Crippen LogP contribution in [0.2, 0.25) is 0 Å². The number of nitrogens with one attached hydrogen (secondary N) is 1. The van der Waals surface area contributed by atoms with Crippen molar-refractivity contribution < 1.29 is 19.1 Å². The van der Waals surface area contributed by atoms with Crippen molar-refractivity contribution in [3.05, 3.63) is 24.3 Å². The van der Waals surface area contributed by atoms with E-state index < -0.39 is 12.0 Å². The highest BCUT2D eigenvalue weighted by molar-refractivity contribution is 5.90. The van der Waals surface area contributed by atoms with Gasteiger partial charge < -0.3 is 25.4 Å². The molecule has 0 spiro atoms. The summed E-state index contributed by atoms with van der Waals surface area (Å²) in [7, 11) is 0. The molecule has 0 aliphatic carbocycles. The van der Waals surface area contributed by atoms with Crippen LogP contribution < -0.4 is 15.8 Å². The van der Waals surface area contributed by atoms with Crippen molar-refractivity contribution >= 4 is 17.6 Å². The van der Waals surface area contributed by atoms with Crippen LogP contribution in [0.15, 0.2) is 24.3 Å². The molecule has 120 valence electrons. The fourth-order valence-corrected chi connectivity index (χ4v) is 2.09. The first-order valence-corrected chi connectivity index (χ1v) is 7.30. The van der Waals surface area contributed by atoms with E-state index in [0.29, 0.717) is 31.2 Å².